The second-order valence-corrected chi connectivity index (χ2v) is 5.67. The van der Waals surface area contributed by atoms with Crippen molar-refractivity contribution in [2.75, 3.05) is 16.8 Å². The van der Waals surface area contributed by atoms with Crippen LogP contribution in [0.4, 0.5) is 16.2 Å². The molecule has 3 rings (SSSR count). The second-order valence-electron chi connectivity index (χ2n) is 5.23. The number of benzene rings is 2. The summed E-state index contributed by atoms with van der Waals surface area (Å²) in [6, 6.07) is 12.2. The van der Waals surface area contributed by atoms with Gasteiger partial charge < -0.3 is 5.32 Å². The van der Waals surface area contributed by atoms with Crippen LogP contribution in [0.2, 0.25) is 5.02 Å². The zero-order valence-corrected chi connectivity index (χ0v) is 12.9. The van der Waals surface area contributed by atoms with Gasteiger partial charge in [-0.05, 0) is 42.8 Å². The van der Waals surface area contributed by atoms with Gasteiger partial charge in [0.15, 0.2) is 5.78 Å². The van der Waals surface area contributed by atoms with Crippen molar-refractivity contribution in [2.45, 2.75) is 13.3 Å². The number of amides is 2. The van der Waals surface area contributed by atoms with E-state index in [9.17, 15) is 9.59 Å². The summed E-state index contributed by atoms with van der Waals surface area (Å²) in [6.07, 6.45) is 0.338. The maximum atomic E-state index is 12.5. The van der Waals surface area contributed by atoms with Gasteiger partial charge in [0.05, 0.1) is 5.69 Å². The smallest absolute Gasteiger partial charge is 0.308 e. The van der Waals surface area contributed by atoms with E-state index in [1.807, 2.05) is 19.1 Å². The number of nitrogens with zero attached hydrogens (tertiary/aromatic N) is 1. The third kappa shape index (κ3) is 2.70. The summed E-state index contributed by atoms with van der Waals surface area (Å²) in [7, 11) is 0. The standard InChI is InChI=1S/C17H15ClN2O2/c1-11-3-2-4-14-15(21)9-10-20(16(11)14)17(22)19-13-7-5-12(18)6-8-13/h2-8H,9-10H2,1H3,(H,19,22). The molecule has 0 atom stereocenters. The van der Waals surface area contributed by atoms with Crippen molar-refractivity contribution >= 4 is 34.8 Å². The third-order valence-electron chi connectivity index (χ3n) is 3.71. The Bertz CT molecular complexity index is 741. The first-order valence-electron chi connectivity index (χ1n) is 7.03. The molecule has 1 aliphatic rings. The van der Waals surface area contributed by atoms with Crippen LogP contribution in [-0.2, 0) is 0 Å². The Morgan fingerprint density at radius 1 is 1.18 bits per heavy atom. The molecule has 0 fully saturated rings. The highest BCUT2D eigenvalue weighted by Gasteiger charge is 2.28. The Hall–Kier alpha value is -2.33. The average Bonchev–Trinajstić information content (AvgIpc) is 2.51. The van der Waals surface area contributed by atoms with E-state index in [-0.39, 0.29) is 11.8 Å². The van der Waals surface area contributed by atoms with Crippen molar-refractivity contribution < 1.29 is 9.59 Å². The van der Waals surface area contributed by atoms with Gasteiger partial charge in [0.2, 0.25) is 0 Å². The topological polar surface area (TPSA) is 49.4 Å². The highest BCUT2D eigenvalue weighted by atomic mass is 35.5. The van der Waals surface area contributed by atoms with Crippen LogP contribution >= 0.6 is 11.6 Å². The van der Waals surface area contributed by atoms with Crippen molar-refractivity contribution in [3.8, 4) is 0 Å². The van der Waals surface area contributed by atoms with Gasteiger partial charge in [0.1, 0.15) is 0 Å². The number of aryl methyl sites for hydroxylation is 1. The van der Waals surface area contributed by atoms with Crippen LogP contribution in [0.3, 0.4) is 0 Å². The van der Waals surface area contributed by atoms with Gasteiger partial charge in [-0.1, -0.05) is 23.7 Å². The van der Waals surface area contributed by atoms with E-state index < -0.39 is 0 Å². The first kappa shape index (κ1) is 14.6. The minimum Gasteiger partial charge on any atom is -0.308 e. The van der Waals surface area contributed by atoms with Crippen molar-refractivity contribution in [1.29, 1.82) is 0 Å². The zero-order valence-electron chi connectivity index (χ0n) is 12.1. The number of fused-ring (bicyclic) bond motifs is 1. The molecular weight excluding hydrogens is 300 g/mol. The van der Waals surface area contributed by atoms with Gasteiger partial charge in [0, 0.05) is 29.2 Å². The molecule has 0 saturated carbocycles. The van der Waals surface area contributed by atoms with E-state index in [2.05, 4.69) is 5.32 Å². The molecule has 2 aromatic carbocycles. The predicted molar refractivity (Wildman–Crippen MR) is 87.9 cm³/mol. The largest absolute Gasteiger partial charge is 0.326 e. The van der Waals surface area contributed by atoms with E-state index >= 15 is 0 Å². The Morgan fingerprint density at radius 3 is 2.64 bits per heavy atom. The lowest BCUT2D eigenvalue weighted by Crippen LogP contribution is -2.40. The molecule has 0 radical (unpaired) electrons. The van der Waals surface area contributed by atoms with Crippen LogP contribution in [0.1, 0.15) is 22.3 Å². The molecule has 2 aromatic rings. The number of ketones is 1. The maximum absolute atomic E-state index is 12.5. The minimum atomic E-state index is -0.245. The van der Waals surface area contributed by atoms with Crippen LogP contribution in [0.15, 0.2) is 42.5 Å². The second kappa shape index (κ2) is 5.81. The highest BCUT2D eigenvalue weighted by molar-refractivity contribution is 6.30. The SMILES string of the molecule is Cc1cccc2c1N(C(=O)Nc1ccc(Cl)cc1)CCC2=O. The summed E-state index contributed by atoms with van der Waals surface area (Å²) in [6.45, 7) is 2.29. The Balaban J connectivity index is 1.89. The van der Waals surface area contributed by atoms with Gasteiger partial charge >= 0.3 is 6.03 Å². The fourth-order valence-electron chi connectivity index (χ4n) is 2.63. The van der Waals surface area contributed by atoms with E-state index in [1.165, 1.54) is 0 Å². The maximum Gasteiger partial charge on any atom is 0.326 e. The summed E-state index contributed by atoms with van der Waals surface area (Å²) in [5, 5.41) is 3.45. The summed E-state index contributed by atoms with van der Waals surface area (Å²) < 4.78 is 0. The van der Waals surface area contributed by atoms with Gasteiger partial charge in [-0.2, -0.15) is 0 Å². The number of urea groups is 1. The van der Waals surface area contributed by atoms with E-state index in [1.54, 1.807) is 35.2 Å². The molecule has 4 nitrogen and oxygen atoms in total. The van der Waals surface area contributed by atoms with Crippen LogP contribution in [0.25, 0.3) is 0 Å². The number of para-hydroxylation sites is 1. The number of carbonyl (C=O) groups excluding carboxylic acids is 2. The zero-order chi connectivity index (χ0) is 15.7. The Kier molecular flexibility index (Phi) is 3.86. The molecule has 1 heterocycles. The normalized spacial score (nSPS) is 13.7. The molecule has 5 heteroatoms. The molecule has 0 aliphatic carbocycles. The predicted octanol–water partition coefficient (Wildman–Crippen LogP) is 4.27. The van der Waals surface area contributed by atoms with E-state index in [4.69, 9.17) is 11.6 Å². The number of Topliss-reactive ketones (excluding diaryl/α,β-unsaturated/α-hetero) is 1. The fourth-order valence-corrected chi connectivity index (χ4v) is 2.76. The summed E-state index contributed by atoms with van der Waals surface area (Å²) in [5.41, 5.74) is 2.89. The molecule has 1 N–H and O–H groups in total. The first-order valence-corrected chi connectivity index (χ1v) is 7.41. The molecule has 112 valence electrons. The molecule has 1 aliphatic heterocycles. The summed E-state index contributed by atoms with van der Waals surface area (Å²) >= 11 is 5.84. The molecule has 0 saturated heterocycles. The number of hydrogen-bond acceptors (Lipinski definition) is 2. The van der Waals surface area contributed by atoms with Gasteiger partial charge in [-0.25, -0.2) is 4.79 Å². The quantitative estimate of drug-likeness (QED) is 0.854. The Morgan fingerprint density at radius 2 is 1.91 bits per heavy atom. The number of nitrogens with one attached hydrogen (secondary N) is 1. The van der Waals surface area contributed by atoms with Crippen LogP contribution in [0, 0.1) is 6.92 Å². The monoisotopic (exact) mass is 314 g/mol. The lowest BCUT2D eigenvalue weighted by atomic mass is 9.97. The fraction of sp³-hybridized carbons (Fsp3) is 0.176. The molecule has 2 amide bonds. The van der Waals surface area contributed by atoms with E-state index in [0.29, 0.717) is 34.9 Å². The third-order valence-corrected chi connectivity index (χ3v) is 3.96. The van der Waals surface area contributed by atoms with Crippen LogP contribution in [0.5, 0.6) is 0 Å². The molecule has 0 spiro atoms. The molecule has 22 heavy (non-hydrogen) atoms. The lowest BCUT2D eigenvalue weighted by Gasteiger charge is -2.30. The van der Waals surface area contributed by atoms with Crippen LogP contribution < -0.4 is 10.2 Å². The Labute approximate surface area is 133 Å². The van der Waals surface area contributed by atoms with E-state index in [0.717, 1.165) is 5.56 Å². The van der Waals surface area contributed by atoms with Gasteiger partial charge in [-0.3, -0.25) is 9.69 Å². The molecular formula is C17H15ClN2O2. The summed E-state index contributed by atoms with van der Waals surface area (Å²) in [4.78, 5) is 26.2. The van der Waals surface area contributed by atoms with Crippen molar-refractivity contribution in [3.05, 3.63) is 58.6 Å². The highest BCUT2D eigenvalue weighted by Crippen LogP contribution is 2.31. The number of carbonyl (C=O) groups is 2. The van der Waals surface area contributed by atoms with Crippen molar-refractivity contribution in [1.82, 2.24) is 0 Å². The van der Waals surface area contributed by atoms with Crippen molar-refractivity contribution in [2.24, 2.45) is 0 Å². The minimum absolute atomic E-state index is 0.0780. The van der Waals surface area contributed by atoms with Gasteiger partial charge in [0.25, 0.3) is 0 Å². The molecule has 0 unspecified atom stereocenters. The summed E-state index contributed by atoms with van der Waals surface area (Å²) in [5.74, 6) is 0.0780. The number of hydrogen-bond donors (Lipinski definition) is 1. The molecule has 0 bridgehead atoms. The number of anilines is 2. The average molecular weight is 315 g/mol. The number of rotatable bonds is 1. The molecule has 0 aromatic heterocycles. The lowest BCUT2D eigenvalue weighted by molar-refractivity contribution is 0.0981. The van der Waals surface area contributed by atoms with Crippen LogP contribution in [-0.4, -0.2) is 18.4 Å². The van der Waals surface area contributed by atoms with Gasteiger partial charge in [-0.15, -0.1) is 0 Å². The van der Waals surface area contributed by atoms with Crippen molar-refractivity contribution in [3.63, 3.8) is 0 Å². The first-order chi connectivity index (χ1) is 10.6. The number of halogens is 1.